The molecule has 0 radical (unpaired) electrons. The molecule has 1 heterocycles. The fourth-order valence-electron chi connectivity index (χ4n) is 6.18. The minimum atomic E-state index is -3.99. The van der Waals surface area contributed by atoms with Crippen LogP contribution in [-0.2, 0) is 35.6 Å². The molecule has 0 N–H and O–H groups in total. The van der Waals surface area contributed by atoms with Crippen molar-refractivity contribution in [2.45, 2.75) is 43.4 Å². The number of rotatable bonds is 13. The van der Waals surface area contributed by atoms with Crippen molar-refractivity contribution in [2.75, 3.05) is 38.3 Å². The lowest BCUT2D eigenvalue weighted by atomic mass is 10.1. The van der Waals surface area contributed by atoms with Gasteiger partial charge in [-0.3, -0.25) is 9.69 Å². The van der Waals surface area contributed by atoms with Gasteiger partial charge in [0.1, 0.15) is 24.5 Å². The summed E-state index contributed by atoms with van der Waals surface area (Å²) in [6, 6.07) is 32.6. The molecular formula is C39H40N2O8S. The van der Waals surface area contributed by atoms with Gasteiger partial charge in [-0.05, 0) is 83.3 Å². The lowest BCUT2D eigenvalue weighted by Crippen LogP contribution is -2.46. The lowest BCUT2D eigenvalue weighted by molar-refractivity contribution is -0.154. The summed E-state index contributed by atoms with van der Waals surface area (Å²) < 4.78 is 51.4. The first-order chi connectivity index (χ1) is 24.3. The van der Waals surface area contributed by atoms with E-state index in [1.165, 1.54) is 16.3 Å². The smallest absolute Gasteiger partial charge is 0.414 e. The second-order valence-corrected chi connectivity index (χ2v) is 14.0. The monoisotopic (exact) mass is 696 g/mol. The van der Waals surface area contributed by atoms with Crippen LogP contribution in [-0.4, -0.2) is 70.3 Å². The van der Waals surface area contributed by atoms with Crippen LogP contribution in [0, 0.1) is 0 Å². The molecule has 6 rings (SSSR count). The summed E-state index contributed by atoms with van der Waals surface area (Å²) in [5, 5.41) is 3.49. The van der Waals surface area contributed by atoms with E-state index in [9.17, 15) is 18.0 Å². The maximum absolute atomic E-state index is 13.8. The predicted octanol–water partition coefficient (Wildman–Crippen LogP) is 6.95. The van der Waals surface area contributed by atoms with Gasteiger partial charge in [-0.2, -0.15) is 4.31 Å². The highest BCUT2D eigenvalue weighted by Crippen LogP contribution is 2.30. The first kappa shape index (κ1) is 34.9. The van der Waals surface area contributed by atoms with E-state index >= 15 is 0 Å². The number of hydrogen-bond donors (Lipinski definition) is 0. The fraction of sp³-hybridized carbons (Fsp3) is 0.282. The average molecular weight is 697 g/mol. The summed E-state index contributed by atoms with van der Waals surface area (Å²) in [6.07, 6.45) is -0.707. The van der Waals surface area contributed by atoms with Gasteiger partial charge < -0.3 is 18.9 Å². The van der Waals surface area contributed by atoms with Gasteiger partial charge in [-0.15, -0.1) is 0 Å². The molecule has 0 saturated carbocycles. The number of esters is 1. The molecule has 5 aromatic rings. The number of amides is 1. The number of ether oxygens (including phenoxy) is 4. The van der Waals surface area contributed by atoms with E-state index in [4.69, 9.17) is 18.9 Å². The SMILES string of the molecule is CCOC(=O)N(C[C@H](COC)OC(=O)[C@@H]1CCCN1S(=O)(=O)c1ccc2ccccc2c1)c1ccc2cc(OCc3ccccc3)ccc2c1. The van der Waals surface area contributed by atoms with E-state index in [2.05, 4.69) is 0 Å². The average Bonchev–Trinajstić information content (AvgIpc) is 3.65. The molecule has 0 aromatic heterocycles. The molecule has 260 valence electrons. The number of nitrogens with zero attached hydrogens (tertiary/aromatic N) is 2. The number of anilines is 1. The quantitative estimate of drug-likeness (QED) is 0.122. The second-order valence-electron chi connectivity index (χ2n) is 12.1. The van der Waals surface area contributed by atoms with E-state index in [1.54, 1.807) is 31.2 Å². The van der Waals surface area contributed by atoms with Crippen molar-refractivity contribution in [2.24, 2.45) is 0 Å². The van der Waals surface area contributed by atoms with Crippen LogP contribution in [0.15, 0.2) is 114 Å². The van der Waals surface area contributed by atoms with Gasteiger partial charge in [0.15, 0.2) is 0 Å². The van der Waals surface area contributed by atoms with Crippen molar-refractivity contribution >= 4 is 49.3 Å². The Morgan fingerprint density at radius 1 is 0.860 bits per heavy atom. The summed E-state index contributed by atoms with van der Waals surface area (Å²) in [4.78, 5) is 28.5. The Kier molecular flexibility index (Phi) is 11.0. The Labute approximate surface area is 292 Å². The molecular weight excluding hydrogens is 657 g/mol. The molecule has 1 saturated heterocycles. The minimum absolute atomic E-state index is 0.0263. The topological polar surface area (TPSA) is 112 Å². The standard InChI is InChI=1S/C39H40N2O8S/c1-3-47-39(43)40(33-18-15-32-23-34(19-16-31(32)22-33)48-26-28-10-5-4-6-11-28)25-35(27-46-2)49-38(42)37-14-9-21-41(37)50(44,45)36-20-17-29-12-7-8-13-30(29)24-36/h4-8,10-13,15-20,22-24,35,37H,3,9,14,21,25-27H2,1-2H3/t35-,37+/m1/s1. The molecule has 0 unspecified atom stereocenters. The van der Waals surface area contributed by atoms with Crippen molar-refractivity contribution < 1.29 is 37.0 Å². The molecule has 2 atom stereocenters. The highest BCUT2D eigenvalue weighted by Gasteiger charge is 2.41. The Hall–Kier alpha value is -4.97. The predicted molar refractivity (Wildman–Crippen MR) is 192 cm³/mol. The van der Waals surface area contributed by atoms with Crippen molar-refractivity contribution in [3.63, 3.8) is 0 Å². The van der Waals surface area contributed by atoms with E-state index in [0.717, 1.165) is 27.1 Å². The van der Waals surface area contributed by atoms with E-state index in [1.807, 2.05) is 84.9 Å². The van der Waals surface area contributed by atoms with Gasteiger partial charge in [-0.25, -0.2) is 13.2 Å². The van der Waals surface area contributed by atoms with Crippen LogP contribution in [0.25, 0.3) is 21.5 Å². The minimum Gasteiger partial charge on any atom is -0.489 e. The normalized spacial score (nSPS) is 15.5. The van der Waals surface area contributed by atoms with Crippen LogP contribution in [0.3, 0.4) is 0 Å². The number of benzene rings is 5. The zero-order chi connectivity index (χ0) is 35.1. The van der Waals surface area contributed by atoms with Gasteiger partial charge in [0.25, 0.3) is 0 Å². The van der Waals surface area contributed by atoms with Crippen LogP contribution in [0.2, 0.25) is 0 Å². The molecule has 10 nitrogen and oxygen atoms in total. The molecule has 0 bridgehead atoms. The lowest BCUT2D eigenvalue weighted by Gasteiger charge is -2.29. The van der Waals surface area contributed by atoms with Gasteiger partial charge in [-0.1, -0.05) is 72.8 Å². The molecule has 0 spiro atoms. The molecule has 5 aromatic carbocycles. The van der Waals surface area contributed by atoms with Crippen molar-refractivity contribution in [3.8, 4) is 5.75 Å². The van der Waals surface area contributed by atoms with E-state index in [0.29, 0.717) is 30.9 Å². The molecule has 50 heavy (non-hydrogen) atoms. The summed E-state index contributed by atoms with van der Waals surface area (Å²) in [7, 11) is -2.53. The van der Waals surface area contributed by atoms with Crippen molar-refractivity contribution in [3.05, 3.63) is 115 Å². The fourth-order valence-corrected chi connectivity index (χ4v) is 7.86. The highest BCUT2D eigenvalue weighted by atomic mass is 32.2. The van der Waals surface area contributed by atoms with Crippen LogP contribution < -0.4 is 9.64 Å². The Balaban J connectivity index is 1.19. The largest absolute Gasteiger partial charge is 0.489 e. The summed E-state index contributed by atoms with van der Waals surface area (Å²) >= 11 is 0. The maximum atomic E-state index is 13.8. The van der Waals surface area contributed by atoms with Crippen LogP contribution >= 0.6 is 0 Å². The maximum Gasteiger partial charge on any atom is 0.414 e. The number of hydrogen-bond acceptors (Lipinski definition) is 8. The third kappa shape index (κ3) is 7.91. The zero-order valence-corrected chi connectivity index (χ0v) is 28.9. The van der Waals surface area contributed by atoms with Gasteiger partial charge >= 0.3 is 12.1 Å². The van der Waals surface area contributed by atoms with Gasteiger partial charge in [0, 0.05) is 19.3 Å². The van der Waals surface area contributed by atoms with Crippen LogP contribution in [0.1, 0.15) is 25.3 Å². The number of fused-ring (bicyclic) bond motifs is 2. The first-order valence-electron chi connectivity index (χ1n) is 16.6. The van der Waals surface area contributed by atoms with Gasteiger partial charge in [0.05, 0.1) is 24.7 Å². The Morgan fingerprint density at radius 2 is 1.56 bits per heavy atom. The number of methoxy groups -OCH3 is 1. The second kappa shape index (κ2) is 15.7. The number of carbonyl (C=O) groups excluding carboxylic acids is 2. The summed E-state index contributed by atoms with van der Waals surface area (Å²) in [5.74, 6) is 0.0197. The molecule has 1 aliphatic heterocycles. The summed E-state index contributed by atoms with van der Waals surface area (Å²) in [5.41, 5.74) is 1.60. The molecule has 11 heteroatoms. The summed E-state index contributed by atoms with van der Waals surface area (Å²) in [6.45, 7) is 2.38. The van der Waals surface area contributed by atoms with Crippen LogP contribution in [0.5, 0.6) is 5.75 Å². The Bertz CT molecular complexity index is 2070. The van der Waals surface area contributed by atoms with E-state index in [-0.39, 0.29) is 31.2 Å². The van der Waals surface area contributed by atoms with Crippen molar-refractivity contribution in [1.82, 2.24) is 4.31 Å². The third-order valence-electron chi connectivity index (χ3n) is 8.67. The molecule has 1 amide bonds. The van der Waals surface area contributed by atoms with Crippen molar-refractivity contribution in [1.29, 1.82) is 0 Å². The van der Waals surface area contributed by atoms with Crippen LogP contribution in [0.4, 0.5) is 10.5 Å². The molecule has 0 aliphatic carbocycles. The molecule has 1 fully saturated rings. The number of carbonyl (C=O) groups is 2. The number of sulfonamides is 1. The van der Waals surface area contributed by atoms with E-state index < -0.39 is 34.2 Å². The molecule has 1 aliphatic rings. The zero-order valence-electron chi connectivity index (χ0n) is 28.1. The third-order valence-corrected chi connectivity index (χ3v) is 10.6. The highest BCUT2D eigenvalue weighted by molar-refractivity contribution is 7.89. The Morgan fingerprint density at radius 3 is 2.34 bits per heavy atom. The van der Waals surface area contributed by atoms with Gasteiger partial charge in [0.2, 0.25) is 10.0 Å². The first-order valence-corrected chi connectivity index (χ1v) is 18.1.